The van der Waals surface area contributed by atoms with Crippen LogP contribution in [-0.4, -0.2) is 66.0 Å². The molecule has 0 spiro atoms. The maximum absolute atomic E-state index is 14.4. The molecule has 3 aromatic heterocycles. The summed E-state index contributed by atoms with van der Waals surface area (Å²) in [5, 5.41) is 7.43. The summed E-state index contributed by atoms with van der Waals surface area (Å²) in [4.78, 5) is 52.1. The predicted molar refractivity (Wildman–Crippen MR) is 141 cm³/mol. The lowest BCUT2D eigenvalue weighted by Gasteiger charge is -2.23. The molecule has 0 radical (unpaired) electrons. The van der Waals surface area contributed by atoms with Crippen LogP contribution in [0, 0.1) is 12.7 Å². The number of rotatable bonds is 6. The SMILES string of the molecule is CC(=O)c1nn(CC(=O)N2C[C@H](F)C[C@H]2C(=O)Nc2ncc(F)cc2Br)c2ccc(-c3cnc(C)nc3)cc12. The molecule has 0 aliphatic carbocycles. The van der Waals surface area contributed by atoms with E-state index in [4.69, 9.17) is 0 Å². The molecule has 0 unspecified atom stereocenters. The van der Waals surface area contributed by atoms with Crippen LogP contribution in [0.25, 0.3) is 22.0 Å². The largest absolute Gasteiger partial charge is 0.326 e. The van der Waals surface area contributed by atoms with Gasteiger partial charge in [0.1, 0.15) is 41.9 Å². The smallest absolute Gasteiger partial charge is 0.248 e. The second kappa shape index (κ2) is 10.6. The lowest BCUT2D eigenvalue weighted by atomic mass is 10.0. The monoisotopic (exact) mass is 597 g/mol. The number of nitrogens with one attached hydrogen (secondary N) is 1. The van der Waals surface area contributed by atoms with Gasteiger partial charge in [-0.2, -0.15) is 5.10 Å². The van der Waals surface area contributed by atoms with E-state index < -0.39 is 29.8 Å². The predicted octanol–water partition coefficient (Wildman–Crippen LogP) is 3.88. The van der Waals surface area contributed by atoms with Crippen LogP contribution in [0.5, 0.6) is 0 Å². The van der Waals surface area contributed by atoms with Crippen molar-refractivity contribution in [2.24, 2.45) is 0 Å². The minimum absolute atomic E-state index is 0.0510. The quantitative estimate of drug-likeness (QED) is 0.335. The molecule has 1 fully saturated rings. The number of amides is 2. The fourth-order valence-electron chi connectivity index (χ4n) is 4.52. The Kier molecular flexibility index (Phi) is 7.17. The van der Waals surface area contributed by atoms with Crippen molar-refractivity contribution in [3.05, 3.63) is 64.7 Å². The van der Waals surface area contributed by atoms with Gasteiger partial charge in [-0.25, -0.2) is 23.7 Å². The molecule has 0 saturated carbocycles. The van der Waals surface area contributed by atoms with Gasteiger partial charge in [-0.15, -0.1) is 0 Å². The van der Waals surface area contributed by atoms with Crippen LogP contribution in [0.4, 0.5) is 14.6 Å². The molecule has 1 aromatic carbocycles. The van der Waals surface area contributed by atoms with E-state index in [2.05, 4.69) is 41.3 Å². The molecule has 0 bridgehead atoms. The fraction of sp³-hybridized carbons (Fsp3) is 0.269. The Bertz CT molecular complexity index is 1610. The van der Waals surface area contributed by atoms with E-state index in [0.29, 0.717) is 16.7 Å². The maximum atomic E-state index is 14.4. The minimum Gasteiger partial charge on any atom is -0.326 e. The first-order chi connectivity index (χ1) is 18.6. The number of aromatic nitrogens is 5. The molecule has 1 aliphatic heterocycles. The van der Waals surface area contributed by atoms with Crippen LogP contribution in [0.15, 0.2) is 47.3 Å². The number of aryl methyl sites for hydroxylation is 1. The van der Waals surface area contributed by atoms with E-state index in [1.807, 2.05) is 0 Å². The number of carbonyl (C=O) groups is 3. The van der Waals surface area contributed by atoms with Crippen LogP contribution in [0.1, 0.15) is 29.7 Å². The van der Waals surface area contributed by atoms with Crippen molar-refractivity contribution in [3.8, 4) is 11.1 Å². The molecular weight excluding hydrogens is 576 g/mol. The van der Waals surface area contributed by atoms with E-state index in [1.54, 1.807) is 37.5 Å². The lowest BCUT2D eigenvalue weighted by molar-refractivity contribution is -0.137. The Morgan fingerprint density at radius 1 is 1.10 bits per heavy atom. The average Bonchev–Trinajstić information content (AvgIpc) is 3.46. The Balaban J connectivity index is 1.41. The first kappa shape index (κ1) is 26.5. The molecule has 1 saturated heterocycles. The Hall–Kier alpha value is -4.13. The van der Waals surface area contributed by atoms with Gasteiger partial charge in [0.05, 0.1) is 22.7 Å². The summed E-state index contributed by atoms with van der Waals surface area (Å²) in [6, 6.07) is 5.35. The number of Topliss-reactive ketones (excluding diaryl/α,β-unsaturated/α-hetero) is 1. The number of pyridine rings is 1. The number of benzene rings is 1. The maximum Gasteiger partial charge on any atom is 0.248 e. The number of ketones is 1. The lowest BCUT2D eigenvalue weighted by Crippen LogP contribution is -2.44. The van der Waals surface area contributed by atoms with E-state index in [9.17, 15) is 23.2 Å². The molecule has 10 nitrogen and oxygen atoms in total. The van der Waals surface area contributed by atoms with Crippen molar-refractivity contribution in [3.63, 3.8) is 0 Å². The number of likely N-dealkylation sites (tertiary alicyclic amines) is 1. The Morgan fingerprint density at radius 3 is 2.54 bits per heavy atom. The molecule has 4 aromatic rings. The van der Waals surface area contributed by atoms with Crippen LogP contribution >= 0.6 is 15.9 Å². The second-order valence-corrected chi connectivity index (χ2v) is 10.0. The van der Waals surface area contributed by atoms with Crippen molar-refractivity contribution in [2.45, 2.75) is 39.0 Å². The standard InChI is InChI=1S/C26H22BrF2N7O3/c1-13(37)24-19-5-15(16-8-30-14(2)31-9-16)3-4-21(19)36(34-24)12-23(38)35-11-18(29)7-22(35)26(39)33-25-20(27)6-17(28)10-32-25/h3-6,8-10,18,22H,7,11-12H2,1-2H3,(H,32,33,39)/t18-,22+/m1/s1. The number of fused-ring (bicyclic) bond motifs is 1. The highest BCUT2D eigenvalue weighted by molar-refractivity contribution is 9.10. The highest BCUT2D eigenvalue weighted by atomic mass is 79.9. The van der Waals surface area contributed by atoms with Gasteiger partial charge in [0, 0.05) is 36.7 Å². The number of halogens is 3. The molecule has 5 rings (SSSR count). The number of carbonyl (C=O) groups excluding carboxylic acids is 3. The van der Waals surface area contributed by atoms with Gasteiger partial charge in [-0.05, 0) is 46.6 Å². The highest BCUT2D eigenvalue weighted by Crippen LogP contribution is 2.28. The van der Waals surface area contributed by atoms with Crippen LogP contribution in [0.2, 0.25) is 0 Å². The van der Waals surface area contributed by atoms with Gasteiger partial charge in [0.15, 0.2) is 5.78 Å². The van der Waals surface area contributed by atoms with Crippen molar-refractivity contribution in [1.82, 2.24) is 29.6 Å². The molecule has 39 heavy (non-hydrogen) atoms. The van der Waals surface area contributed by atoms with Gasteiger partial charge in [0.2, 0.25) is 11.8 Å². The summed E-state index contributed by atoms with van der Waals surface area (Å²) in [6.45, 7) is 2.57. The van der Waals surface area contributed by atoms with Gasteiger partial charge in [-0.1, -0.05) is 6.07 Å². The number of alkyl halides is 1. The summed E-state index contributed by atoms with van der Waals surface area (Å²) >= 11 is 3.13. The second-order valence-electron chi connectivity index (χ2n) is 9.18. The summed E-state index contributed by atoms with van der Waals surface area (Å²) in [5.41, 5.74) is 2.23. The Labute approximate surface area is 229 Å². The third-order valence-electron chi connectivity index (χ3n) is 6.41. The zero-order valence-corrected chi connectivity index (χ0v) is 22.4. The molecule has 13 heteroatoms. The molecule has 200 valence electrons. The normalized spacial score (nSPS) is 17.0. The van der Waals surface area contributed by atoms with Crippen molar-refractivity contribution in [2.75, 3.05) is 11.9 Å². The topological polar surface area (TPSA) is 123 Å². The van der Waals surface area contributed by atoms with Gasteiger partial charge in [0.25, 0.3) is 0 Å². The first-order valence-corrected chi connectivity index (χ1v) is 12.8. The zero-order chi connectivity index (χ0) is 27.8. The number of hydrogen-bond donors (Lipinski definition) is 1. The molecule has 1 aliphatic rings. The van der Waals surface area contributed by atoms with Crippen molar-refractivity contribution in [1.29, 1.82) is 0 Å². The van der Waals surface area contributed by atoms with Crippen LogP contribution in [-0.2, 0) is 16.1 Å². The number of hydrogen-bond acceptors (Lipinski definition) is 7. The van der Waals surface area contributed by atoms with E-state index in [1.165, 1.54) is 11.6 Å². The first-order valence-electron chi connectivity index (χ1n) is 12.0. The zero-order valence-electron chi connectivity index (χ0n) is 20.9. The summed E-state index contributed by atoms with van der Waals surface area (Å²) < 4.78 is 29.4. The molecule has 1 N–H and O–H groups in total. The highest BCUT2D eigenvalue weighted by Gasteiger charge is 2.40. The number of nitrogens with zero attached hydrogens (tertiary/aromatic N) is 6. The third-order valence-corrected chi connectivity index (χ3v) is 7.01. The van der Waals surface area contributed by atoms with Gasteiger partial charge in [-0.3, -0.25) is 19.1 Å². The summed E-state index contributed by atoms with van der Waals surface area (Å²) in [6.07, 6.45) is 2.68. The van der Waals surface area contributed by atoms with Crippen LogP contribution in [0.3, 0.4) is 0 Å². The summed E-state index contributed by atoms with van der Waals surface area (Å²) in [5.74, 6) is -1.41. The van der Waals surface area contributed by atoms with E-state index in [0.717, 1.165) is 28.3 Å². The van der Waals surface area contributed by atoms with E-state index in [-0.39, 0.29) is 41.3 Å². The van der Waals surface area contributed by atoms with E-state index >= 15 is 0 Å². The molecule has 2 atom stereocenters. The Morgan fingerprint density at radius 2 is 1.85 bits per heavy atom. The van der Waals surface area contributed by atoms with Gasteiger partial charge < -0.3 is 10.2 Å². The molecular formula is C26H22BrF2N7O3. The molecule has 2 amide bonds. The van der Waals surface area contributed by atoms with Gasteiger partial charge >= 0.3 is 0 Å². The fourth-order valence-corrected chi connectivity index (χ4v) is 4.94. The number of anilines is 1. The summed E-state index contributed by atoms with van der Waals surface area (Å²) in [7, 11) is 0. The van der Waals surface area contributed by atoms with Crippen molar-refractivity contribution >= 4 is 50.2 Å². The molecule has 4 heterocycles. The van der Waals surface area contributed by atoms with Crippen molar-refractivity contribution < 1.29 is 23.2 Å². The third kappa shape index (κ3) is 5.39. The minimum atomic E-state index is -1.41. The van der Waals surface area contributed by atoms with Crippen LogP contribution < -0.4 is 5.32 Å². The average molecular weight is 598 g/mol.